The Kier molecular flexibility index (Phi) is 4.67. The summed E-state index contributed by atoms with van der Waals surface area (Å²) >= 11 is 1.80. The maximum absolute atomic E-state index is 13.4. The summed E-state index contributed by atoms with van der Waals surface area (Å²) in [6, 6.07) is 4.35. The summed E-state index contributed by atoms with van der Waals surface area (Å²) in [4.78, 5) is 0. The van der Waals surface area contributed by atoms with Crippen LogP contribution in [-0.2, 0) is 10.2 Å². The first-order chi connectivity index (χ1) is 8.92. The van der Waals surface area contributed by atoms with Gasteiger partial charge in [-0.3, -0.25) is 4.72 Å². The molecule has 1 aromatic rings. The zero-order valence-electron chi connectivity index (χ0n) is 10.6. The Bertz CT molecular complexity index is 565. The topological polar surface area (TPSA) is 49.4 Å². The molecule has 1 aliphatic heterocycles. The molecule has 1 unspecified atom stereocenters. The van der Waals surface area contributed by atoms with Crippen molar-refractivity contribution in [3.63, 3.8) is 0 Å². The second kappa shape index (κ2) is 5.92. The van der Waals surface area contributed by atoms with Crippen LogP contribution in [0.25, 0.3) is 0 Å². The molecule has 0 aliphatic carbocycles. The maximum atomic E-state index is 13.4. The van der Waals surface area contributed by atoms with Crippen LogP contribution in [0, 0.1) is 9.39 Å². The fourth-order valence-corrected chi connectivity index (χ4v) is 4.40. The van der Waals surface area contributed by atoms with Gasteiger partial charge in [0.05, 0.1) is 9.26 Å². The number of hydrogen-bond donors (Lipinski definition) is 1. The number of anilines is 1. The molecule has 4 nitrogen and oxygen atoms in total. The molecule has 0 amide bonds. The molecule has 1 heterocycles. The zero-order chi connectivity index (χ0) is 14.0. The molecule has 7 heteroatoms. The number of rotatable bonds is 3. The van der Waals surface area contributed by atoms with Crippen molar-refractivity contribution in [3.8, 4) is 0 Å². The molecule has 1 fully saturated rings. The average molecular weight is 398 g/mol. The van der Waals surface area contributed by atoms with Crippen molar-refractivity contribution in [2.45, 2.75) is 32.2 Å². The molecule has 1 saturated heterocycles. The van der Waals surface area contributed by atoms with Gasteiger partial charge in [-0.2, -0.15) is 12.7 Å². The van der Waals surface area contributed by atoms with Gasteiger partial charge in [-0.1, -0.05) is 12.5 Å². The highest BCUT2D eigenvalue weighted by Crippen LogP contribution is 2.25. The molecule has 2 rings (SSSR count). The minimum atomic E-state index is -3.61. The van der Waals surface area contributed by atoms with Gasteiger partial charge in [-0.25, -0.2) is 4.39 Å². The van der Waals surface area contributed by atoms with Gasteiger partial charge in [0.15, 0.2) is 0 Å². The van der Waals surface area contributed by atoms with E-state index in [1.54, 1.807) is 28.7 Å². The summed E-state index contributed by atoms with van der Waals surface area (Å²) in [5, 5.41) is 0. The summed E-state index contributed by atoms with van der Waals surface area (Å²) in [7, 11) is -3.61. The van der Waals surface area contributed by atoms with Crippen LogP contribution in [0.4, 0.5) is 10.1 Å². The Hall–Kier alpha value is -0.410. The van der Waals surface area contributed by atoms with Gasteiger partial charge in [0.25, 0.3) is 0 Å². The van der Waals surface area contributed by atoms with E-state index >= 15 is 0 Å². The standard InChI is InChI=1S/C12H16FIN2O2S/c1-9-5-2-3-8-16(9)19(17,18)15-11-7-4-6-10(13)12(11)14/h4,6-7,9,15H,2-3,5,8H2,1H3. The third kappa shape index (κ3) is 3.38. The monoisotopic (exact) mass is 398 g/mol. The Balaban J connectivity index is 2.23. The molecule has 1 aromatic carbocycles. The maximum Gasteiger partial charge on any atom is 0.301 e. The Morgan fingerprint density at radius 1 is 1.42 bits per heavy atom. The van der Waals surface area contributed by atoms with Crippen LogP contribution in [0.1, 0.15) is 26.2 Å². The second-order valence-electron chi connectivity index (χ2n) is 4.66. The highest BCUT2D eigenvalue weighted by atomic mass is 127. The van der Waals surface area contributed by atoms with Crippen LogP contribution in [0.5, 0.6) is 0 Å². The Labute approximate surface area is 126 Å². The molecule has 1 aliphatic rings. The fraction of sp³-hybridized carbons (Fsp3) is 0.500. The van der Waals surface area contributed by atoms with Crippen LogP contribution in [0.15, 0.2) is 18.2 Å². The van der Waals surface area contributed by atoms with Crippen LogP contribution in [0.3, 0.4) is 0 Å². The third-order valence-electron chi connectivity index (χ3n) is 3.24. The lowest BCUT2D eigenvalue weighted by Crippen LogP contribution is -2.44. The fourth-order valence-electron chi connectivity index (χ4n) is 2.21. The summed E-state index contributed by atoms with van der Waals surface area (Å²) < 4.78 is 42.3. The smallest absolute Gasteiger partial charge is 0.270 e. The molecule has 0 aromatic heterocycles. The van der Waals surface area contributed by atoms with Gasteiger partial charge in [0.1, 0.15) is 5.82 Å². The number of hydrogen-bond acceptors (Lipinski definition) is 2. The molecule has 19 heavy (non-hydrogen) atoms. The van der Waals surface area contributed by atoms with Gasteiger partial charge < -0.3 is 0 Å². The highest BCUT2D eigenvalue weighted by Gasteiger charge is 2.29. The summed E-state index contributed by atoms with van der Waals surface area (Å²) in [5.41, 5.74) is 0.290. The zero-order valence-corrected chi connectivity index (χ0v) is 13.5. The van der Waals surface area contributed by atoms with Gasteiger partial charge in [-0.05, 0) is 54.5 Å². The molecular formula is C12H16FIN2O2S. The van der Waals surface area contributed by atoms with Crippen molar-refractivity contribution in [2.75, 3.05) is 11.3 Å². The predicted octanol–water partition coefficient (Wildman–Crippen LogP) is 2.96. The van der Waals surface area contributed by atoms with Crippen molar-refractivity contribution in [2.24, 2.45) is 0 Å². The number of nitrogens with one attached hydrogen (secondary N) is 1. The molecule has 0 radical (unpaired) electrons. The number of nitrogens with zero attached hydrogens (tertiary/aromatic N) is 1. The van der Waals surface area contributed by atoms with Gasteiger partial charge in [-0.15, -0.1) is 0 Å². The van der Waals surface area contributed by atoms with E-state index in [1.807, 2.05) is 6.92 Å². The number of halogens is 2. The van der Waals surface area contributed by atoms with E-state index in [4.69, 9.17) is 0 Å². The number of piperidine rings is 1. The van der Waals surface area contributed by atoms with Crippen LogP contribution in [0.2, 0.25) is 0 Å². The van der Waals surface area contributed by atoms with Gasteiger partial charge in [0, 0.05) is 12.6 Å². The van der Waals surface area contributed by atoms with Gasteiger partial charge in [0.2, 0.25) is 0 Å². The molecule has 1 atom stereocenters. The Morgan fingerprint density at radius 2 is 2.16 bits per heavy atom. The lowest BCUT2D eigenvalue weighted by Gasteiger charge is -2.32. The summed E-state index contributed by atoms with van der Waals surface area (Å²) in [6.07, 6.45) is 2.78. The second-order valence-corrected chi connectivity index (χ2v) is 7.37. The molecule has 0 spiro atoms. The molecule has 0 bridgehead atoms. The van der Waals surface area contributed by atoms with E-state index in [0.717, 1.165) is 19.3 Å². The summed E-state index contributed by atoms with van der Waals surface area (Å²) in [6.45, 7) is 2.41. The Morgan fingerprint density at radius 3 is 2.84 bits per heavy atom. The molecule has 0 saturated carbocycles. The molecular weight excluding hydrogens is 382 g/mol. The SMILES string of the molecule is CC1CCCCN1S(=O)(=O)Nc1cccc(F)c1I. The number of benzene rings is 1. The quantitative estimate of drug-likeness (QED) is 0.797. The first-order valence-electron chi connectivity index (χ1n) is 6.15. The highest BCUT2D eigenvalue weighted by molar-refractivity contribution is 14.1. The van der Waals surface area contributed by atoms with Crippen molar-refractivity contribution in [3.05, 3.63) is 27.6 Å². The lowest BCUT2D eigenvalue weighted by molar-refractivity contribution is 0.270. The normalized spacial score (nSPS) is 21.3. The third-order valence-corrected chi connectivity index (χ3v) is 5.98. The van der Waals surface area contributed by atoms with Crippen LogP contribution >= 0.6 is 22.6 Å². The van der Waals surface area contributed by atoms with Crippen molar-refractivity contribution in [1.82, 2.24) is 4.31 Å². The van der Waals surface area contributed by atoms with Crippen LogP contribution in [-0.4, -0.2) is 25.3 Å². The van der Waals surface area contributed by atoms with Crippen LogP contribution < -0.4 is 4.72 Å². The van der Waals surface area contributed by atoms with E-state index in [0.29, 0.717) is 12.2 Å². The van der Waals surface area contributed by atoms with Gasteiger partial charge >= 0.3 is 10.2 Å². The first-order valence-corrected chi connectivity index (χ1v) is 8.67. The van der Waals surface area contributed by atoms with E-state index in [2.05, 4.69) is 4.72 Å². The van der Waals surface area contributed by atoms with Crippen molar-refractivity contribution in [1.29, 1.82) is 0 Å². The minimum Gasteiger partial charge on any atom is -0.270 e. The van der Waals surface area contributed by atoms with E-state index in [-0.39, 0.29) is 9.61 Å². The lowest BCUT2D eigenvalue weighted by atomic mass is 10.1. The van der Waals surface area contributed by atoms with E-state index in [1.165, 1.54) is 16.4 Å². The van der Waals surface area contributed by atoms with E-state index in [9.17, 15) is 12.8 Å². The first kappa shape index (κ1) is 15.0. The van der Waals surface area contributed by atoms with Crippen molar-refractivity contribution < 1.29 is 12.8 Å². The largest absolute Gasteiger partial charge is 0.301 e. The molecule has 1 N–H and O–H groups in total. The molecule has 106 valence electrons. The summed E-state index contributed by atoms with van der Waals surface area (Å²) in [5.74, 6) is -0.424. The average Bonchev–Trinajstić information content (AvgIpc) is 2.35. The van der Waals surface area contributed by atoms with Crippen molar-refractivity contribution >= 4 is 38.5 Å². The van der Waals surface area contributed by atoms with E-state index < -0.39 is 16.0 Å². The minimum absolute atomic E-state index is 0.0162. The predicted molar refractivity (Wildman–Crippen MR) is 81.7 cm³/mol.